The zero-order valence-electron chi connectivity index (χ0n) is 16.3. The molecule has 0 saturated carbocycles. The summed E-state index contributed by atoms with van der Waals surface area (Å²) in [5.41, 5.74) is -2.41. The molecular weight excluding hydrogens is 510 g/mol. The second kappa shape index (κ2) is 8.18. The molecule has 1 aromatic carbocycles. The van der Waals surface area contributed by atoms with Crippen molar-refractivity contribution in [3.05, 3.63) is 66.2 Å². The van der Waals surface area contributed by atoms with Crippen molar-refractivity contribution < 1.29 is 39.3 Å². The highest BCUT2D eigenvalue weighted by atomic mass is 32.3. The molecule has 0 fully saturated rings. The summed E-state index contributed by atoms with van der Waals surface area (Å²) in [5, 5.41) is 0. The predicted octanol–water partition coefficient (Wildman–Crippen LogP) is 5.34. The molecule has 0 bridgehead atoms. The summed E-state index contributed by atoms with van der Waals surface area (Å²) >= 11 is 0.686. The average molecular weight is 520 g/mol. The van der Waals surface area contributed by atoms with E-state index in [9.17, 15) is 34.8 Å². The topological polar surface area (TPSA) is 98.0 Å². The Bertz CT molecular complexity index is 1460. The number of rotatable bonds is 4. The van der Waals surface area contributed by atoms with E-state index in [1.807, 2.05) is 0 Å². The van der Waals surface area contributed by atoms with Gasteiger partial charge in [-0.05, 0) is 30.3 Å². The minimum absolute atomic E-state index is 0.00135. The summed E-state index contributed by atoms with van der Waals surface area (Å²) in [4.78, 5) is 11.8. The third kappa shape index (κ3) is 4.95. The lowest BCUT2D eigenvalue weighted by molar-refractivity contribution is -0.141. The first-order chi connectivity index (χ1) is 15.7. The Morgan fingerprint density at radius 3 is 2.12 bits per heavy atom. The van der Waals surface area contributed by atoms with Gasteiger partial charge in [0.1, 0.15) is 10.5 Å². The fraction of sp³-hybridized carbons (Fsp3) is 0.105. The van der Waals surface area contributed by atoms with Crippen molar-refractivity contribution in [2.45, 2.75) is 16.6 Å². The van der Waals surface area contributed by atoms with Gasteiger partial charge in [0, 0.05) is 11.8 Å². The number of hydrogen-bond acceptors (Lipinski definition) is 6. The monoisotopic (exact) mass is 520 g/mol. The quantitative estimate of drug-likeness (QED) is 0.288. The standard InChI is InChI=1S/C19H10F6N4O3S2/c20-18(21,22)11-3-1-10(2-4-11)12-7-15(19(23,24)25)28-17(27-12)29-8-13(26-9-29)14-5-6-16(33-14)34(30,31)32/h1-9H,(H,30,31,32). The van der Waals surface area contributed by atoms with E-state index in [0.29, 0.717) is 22.3 Å². The van der Waals surface area contributed by atoms with Crippen LogP contribution >= 0.6 is 11.3 Å². The summed E-state index contributed by atoms with van der Waals surface area (Å²) in [6.45, 7) is 0. The fourth-order valence-corrected chi connectivity index (χ4v) is 4.46. The van der Waals surface area contributed by atoms with Crippen molar-refractivity contribution in [1.82, 2.24) is 19.5 Å². The van der Waals surface area contributed by atoms with Gasteiger partial charge in [-0.15, -0.1) is 11.3 Å². The maximum absolute atomic E-state index is 13.4. The van der Waals surface area contributed by atoms with Crippen molar-refractivity contribution in [1.29, 1.82) is 0 Å². The summed E-state index contributed by atoms with van der Waals surface area (Å²) in [7, 11) is -4.44. The molecule has 0 aliphatic rings. The number of benzene rings is 1. The molecule has 0 atom stereocenters. The van der Waals surface area contributed by atoms with Crippen LogP contribution in [0.5, 0.6) is 0 Å². The Hall–Kier alpha value is -3.30. The molecule has 3 aromatic heterocycles. The van der Waals surface area contributed by atoms with Gasteiger partial charge in [0.25, 0.3) is 0 Å². The Balaban J connectivity index is 1.76. The summed E-state index contributed by atoms with van der Waals surface area (Å²) in [6.07, 6.45) is -7.16. The van der Waals surface area contributed by atoms with Crippen LogP contribution in [0.3, 0.4) is 0 Å². The van der Waals surface area contributed by atoms with Crippen molar-refractivity contribution >= 4 is 21.5 Å². The Kier molecular flexibility index (Phi) is 5.73. The van der Waals surface area contributed by atoms with Gasteiger partial charge in [-0.25, -0.2) is 15.0 Å². The molecule has 1 N–H and O–H groups in total. The summed E-state index contributed by atoms with van der Waals surface area (Å²) in [6, 6.07) is 6.54. The van der Waals surface area contributed by atoms with E-state index in [-0.39, 0.29) is 21.2 Å². The van der Waals surface area contributed by atoms with Crippen molar-refractivity contribution in [2.75, 3.05) is 0 Å². The number of thiophene rings is 1. The number of hydrogen-bond donors (Lipinski definition) is 1. The number of aromatic nitrogens is 4. The molecule has 15 heteroatoms. The molecular formula is C19H10F6N4O3S2. The molecule has 7 nitrogen and oxygen atoms in total. The van der Waals surface area contributed by atoms with Crippen molar-refractivity contribution in [3.63, 3.8) is 0 Å². The van der Waals surface area contributed by atoms with Crippen LogP contribution in [0.2, 0.25) is 0 Å². The SMILES string of the molecule is O=S(=O)(O)c1ccc(-c2cn(-c3nc(-c4ccc(C(F)(F)F)cc4)cc(C(F)(F)F)n3)cn2)s1. The summed E-state index contributed by atoms with van der Waals surface area (Å²) < 4.78 is 111. The van der Waals surface area contributed by atoms with Gasteiger partial charge >= 0.3 is 22.5 Å². The van der Waals surface area contributed by atoms with Crippen molar-refractivity contribution in [3.8, 4) is 27.8 Å². The van der Waals surface area contributed by atoms with Crippen LogP contribution in [0.25, 0.3) is 27.8 Å². The molecule has 0 unspecified atom stereocenters. The lowest BCUT2D eigenvalue weighted by Gasteiger charge is -2.12. The Morgan fingerprint density at radius 1 is 0.882 bits per heavy atom. The zero-order chi connectivity index (χ0) is 24.9. The van der Waals surface area contributed by atoms with Gasteiger partial charge in [-0.3, -0.25) is 9.12 Å². The second-order valence-corrected chi connectivity index (χ2v) is 9.50. The van der Waals surface area contributed by atoms with E-state index in [0.717, 1.165) is 41.2 Å². The Morgan fingerprint density at radius 2 is 1.56 bits per heavy atom. The lowest BCUT2D eigenvalue weighted by atomic mass is 10.1. The highest BCUT2D eigenvalue weighted by Gasteiger charge is 2.34. The predicted molar refractivity (Wildman–Crippen MR) is 108 cm³/mol. The molecule has 0 radical (unpaired) electrons. The minimum Gasteiger partial charge on any atom is -0.281 e. The van der Waals surface area contributed by atoms with Crippen LogP contribution in [0.1, 0.15) is 11.3 Å². The van der Waals surface area contributed by atoms with E-state index in [2.05, 4.69) is 15.0 Å². The van der Waals surface area contributed by atoms with E-state index >= 15 is 0 Å². The zero-order valence-corrected chi connectivity index (χ0v) is 18.0. The number of alkyl halides is 6. The van der Waals surface area contributed by atoms with Crippen LogP contribution in [-0.4, -0.2) is 32.5 Å². The first-order valence-electron chi connectivity index (χ1n) is 8.98. The molecule has 0 amide bonds. The molecule has 4 aromatic rings. The molecule has 178 valence electrons. The number of halogens is 6. The normalized spacial score (nSPS) is 12.8. The molecule has 4 rings (SSSR count). The van der Waals surface area contributed by atoms with Crippen LogP contribution < -0.4 is 0 Å². The maximum atomic E-state index is 13.4. The fourth-order valence-electron chi connectivity index (χ4n) is 2.83. The van der Waals surface area contributed by atoms with E-state index in [1.54, 1.807) is 0 Å². The Labute approximate surface area is 191 Å². The van der Waals surface area contributed by atoms with Gasteiger partial charge in [-0.2, -0.15) is 34.8 Å². The van der Waals surface area contributed by atoms with Gasteiger partial charge in [-0.1, -0.05) is 12.1 Å². The van der Waals surface area contributed by atoms with Gasteiger partial charge in [0.05, 0.1) is 21.8 Å². The van der Waals surface area contributed by atoms with E-state index in [1.165, 1.54) is 12.3 Å². The number of nitrogens with zero attached hydrogens (tertiary/aromatic N) is 4. The van der Waals surface area contributed by atoms with Crippen LogP contribution in [0, 0.1) is 0 Å². The van der Waals surface area contributed by atoms with Gasteiger partial charge < -0.3 is 0 Å². The van der Waals surface area contributed by atoms with E-state index in [4.69, 9.17) is 4.55 Å². The molecule has 0 aliphatic carbocycles. The van der Waals surface area contributed by atoms with Crippen LogP contribution in [-0.2, 0) is 22.5 Å². The third-order valence-corrected chi connectivity index (χ3v) is 6.84. The van der Waals surface area contributed by atoms with Crippen LogP contribution in [0.15, 0.2) is 59.2 Å². The first kappa shape index (κ1) is 23.8. The first-order valence-corrected chi connectivity index (χ1v) is 11.2. The smallest absolute Gasteiger partial charge is 0.281 e. The number of imidazole rings is 1. The highest BCUT2D eigenvalue weighted by molar-refractivity contribution is 7.88. The molecule has 3 heterocycles. The van der Waals surface area contributed by atoms with Gasteiger partial charge in [0.2, 0.25) is 5.95 Å². The maximum Gasteiger partial charge on any atom is 0.433 e. The van der Waals surface area contributed by atoms with Gasteiger partial charge in [0.15, 0.2) is 5.69 Å². The largest absolute Gasteiger partial charge is 0.433 e. The van der Waals surface area contributed by atoms with Crippen molar-refractivity contribution in [2.24, 2.45) is 0 Å². The third-order valence-electron chi connectivity index (χ3n) is 4.41. The summed E-state index contributed by atoms with van der Waals surface area (Å²) in [5.74, 6) is -0.463. The highest BCUT2D eigenvalue weighted by Crippen LogP contribution is 2.34. The molecule has 0 saturated heterocycles. The molecule has 34 heavy (non-hydrogen) atoms. The molecule has 0 aliphatic heterocycles. The minimum atomic E-state index is -4.88. The second-order valence-electron chi connectivity index (χ2n) is 6.77. The lowest BCUT2D eigenvalue weighted by Crippen LogP contribution is -2.12. The average Bonchev–Trinajstić information content (AvgIpc) is 3.42. The van der Waals surface area contributed by atoms with E-state index < -0.39 is 39.7 Å². The molecule has 0 spiro atoms. The van der Waals surface area contributed by atoms with Crippen LogP contribution in [0.4, 0.5) is 26.3 Å².